The molecule has 0 aliphatic carbocycles. The first-order valence-corrected chi connectivity index (χ1v) is 15.1. The van der Waals surface area contributed by atoms with Crippen LogP contribution in [0.1, 0.15) is 69.5 Å². The van der Waals surface area contributed by atoms with Gasteiger partial charge in [0.05, 0.1) is 11.7 Å². The summed E-state index contributed by atoms with van der Waals surface area (Å²) in [5.41, 5.74) is 5.84. The fourth-order valence-corrected chi connectivity index (χ4v) is 5.37. The van der Waals surface area contributed by atoms with E-state index >= 15 is 0 Å². The van der Waals surface area contributed by atoms with Crippen LogP contribution in [-0.4, -0.2) is 39.2 Å². The lowest BCUT2D eigenvalue weighted by atomic mass is 10.0. The number of nitrogens with zero attached hydrogens (tertiary/aromatic N) is 4. The molecule has 0 spiro atoms. The molecule has 2 atom stereocenters. The predicted molar refractivity (Wildman–Crippen MR) is 173 cm³/mol. The summed E-state index contributed by atoms with van der Waals surface area (Å²) in [5.74, 6) is 2.42. The molecule has 0 saturated heterocycles. The second kappa shape index (κ2) is 12.8. The zero-order chi connectivity index (χ0) is 30.6. The fraction of sp³-hybridized carbons (Fsp3) is 0.371. The lowest BCUT2D eigenvalue weighted by molar-refractivity contribution is 0.0508. The summed E-state index contributed by atoms with van der Waals surface area (Å²) in [6, 6.07) is 24.8. The Labute approximate surface area is 254 Å². The van der Waals surface area contributed by atoms with Crippen LogP contribution < -0.4 is 15.5 Å². The van der Waals surface area contributed by atoms with Gasteiger partial charge in [-0.25, -0.2) is 14.8 Å². The van der Waals surface area contributed by atoms with Gasteiger partial charge in [0.25, 0.3) is 0 Å². The lowest BCUT2D eigenvalue weighted by Crippen LogP contribution is -2.34. The number of amides is 1. The fourth-order valence-electron chi connectivity index (χ4n) is 5.37. The van der Waals surface area contributed by atoms with Crippen molar-refractivity contribution in [3.05, 3.63) is 95.2 Å². The van der Waals surface area contributed by atoms with Gasteiger partial charge in [-0.05, 0) is 83.6 Å². The van der Waals surface area contributed by atoms with Gasteiger partial charge in [-0.3, -0.25) is 0 Å². The minimum atomic E-state index is -0.538. The lowest BCUT2D eigenvalue weighted by Gasteiger charge is -2.30. The van der Waals surface area contributed by atoms with Gasteiger partial charge >= 0.3 is 6.09 Å². The monoisotopic (exact) mass is 578 g/mol. The zero-order valence-corrected chi connectivity index (χ0v) is 26.0. The summed E-state index contributed by atoms with van der Waals surface area (Å²) < 4.78 is 5.42. The van der Waals surface area contributed by atoms with E-state index in [0.29, 0.717) is 5.95 Å². The van der Waals surface area contributed by atoms with Crippen LogP contribution in [-0.2, 0) is 17.6 Å². The highest BCUT2D eigenvalue weighted by molar-refractivity contribution is 5.69. The average Bonchev–Trinajstić information content (AvgIpc) is 2.95. The minimum absolute atomic E-state index is 0.0791. The Hall–Kier alpha value is -4.46. The molecular weight excluding hydrogens is 536 g/mol. The van der Waals surface area contributed by atoms with E-state index in [2.05, 4.69) is 58.9 Å². The molecule has 8 heteroatoms. The molecule has 1 amide bonds. The number of ether oxygens (including phenoxy) is 1. The highest BCUT2D eigenvalue weighted by Crippen LogP contribution is 2.33. The molecule has 2 aromatic heterocycles. The average molecular weight is 579 g/mol. The van der Waals surface area contributed by atoms with Crippen LogP contribution in [0.5, 0.6) is 0 Å². The van der Waals surface area contributed by atoms with Crippen molar-refractivity contribution in [1.29, 1.82) is 0 Å². The van der Waals surface area contributed by atoms with Gasteiger partial charge in [-0.15, -0.1) is 0 Å². The molecular formula is C35H42N6O2. The first-order valence-electron chi connectivity index (χ1n) is 15.1. The number of aryl methyl sites for hydroxylation is 2. The number of hydrogen-bond donors (Lipinski definition) is 2. The molecule has 224 valence electrons. The third-order valence-corrected chi connectivity index (χ3v) is 7.33. The largest absolute Gasteiger partial charge is 0.444 e. The van der Waals surface area contributed by atoms with Gasteiger partial charge in [0, 0.05) is 29.9 Å². The molecule has 4 aromatic rings. The van der Waals surface area contributed by atoms with E-state index in [9.17, 15) is 4.79 Å². The highest BCUT2D eigenvalue weighted by Gasteiger charge is 2.23. The van der Waals surface area contributed by atoms with Gasteiger partial charge < -0.3 is 20.3 Å². The van der Waals surface area contributed by atoms with Crippen LogP contribution in [0.3, 0.4) is 0 Å². The van der Waals surface area contributed by atoms with Crippen molar-refractivity contribution in [2.75, 3.05) is 16.8 Å². The van der Waals surface area contributed by atoms with Crippen LogP contribution in [0.4, 0.5) is 22.4 Å². The minimum Gasteiger partial charge on any atom is -0.444 e. The molecule has 0 radical (unpaired) electrons. The summed E-state index contributed by atoms with van der Waals surface area (Å²) in [4.78, 5) is 29.2. The molecule has 0 fully saturated rings. The Kier molecular flexibility index (Phi) is 8.94. The second-order valence-corrected chi connectivity index (χ2v) is 12.4. The Morgan fingerprint density at radius 2 is 1.77 bits per heavy atom. The first kappa shape index (κ1) is 30.0. The van der Waals surface area contributed by atoms with E-state index in [0.717, 1.165) is 65.5 Å². The Morgan fingerprint density at radius 3 is 2.53 bits per heavy atom. The van der Waals surface area contributed by atoms with Crippen LogP contribution in [0.15, 0.2) is 72.8 Å². The van der Waals surface area contributed by atoms with Crippen molar-refractivity contribution in [3.8, 4) is 11.3 Å². The Balaban J connectivity index is 1.29. The van der Waals surface area contributed by atoms with Crippen LogP contribution in [0.25, 0.3) is 11.3 Å². The molecule has 1 aliphatic rings. The molecule has 43 heavy (non-hydrogen) atoms. The zero-order valence-electron chi connectivity index (χ0n) is 26.0. The number of carbonyl (C=O) groups excluding carboxylic acids is 1. The maximum Gasteiger partial charge on any atom is 0.408 e. The standard InChI is InChI=1S/C35H42N6O2/c1-23(20-26-12-10-15-29(22-26)25(3)38-34(42)43-35(4,5)6)36-33-37-24(2)21-31(40-33)41-19-11-16-28-17-18-30(39-32(28)41)27-13-8-7-9-14-27/h7-10,12-15,17-18,21-23,25H,11,16,19-20H2,1-6H3,(H,38,42)(H,36,37,40)/t23-,25+/m0/s1. The van der Waals surface area contributed by atoms with E-state index in [1.807, 2.05) is 71.0 Å². The maximum atomic E-state index is 12.3. The number of fused-ring (bicyclic) bond motifs is 1. The van der Waals surface area contributed by atoms with E-state index < -0.39 is 11.7 Å². The van der Waals surface area contributed by atoms with Crippen molar-refractivity contribution in [1.82, 2.24) is 20.3 Å². The summed E-state index contributed by atoms with van der Waals surface area (Å²) in [6.45, 7) is 12.5. The van der Waals surface area contributed by atoms with Crippen LogP contribution in [0.2, 0.25) is 0 Å². The van der Waals surface area contributed by atoms with Gasteiger partial charge in [0.2, 0.25) is 5.95 Å². The molecule has 8 nitrogen and oxygen atoms in total. The molecule has 2 aromatic carbocycles. The number of nitrogens with one attached hydrogen (secondary N) is 2. The van der Waals surface area contributed by atoms with Gasteiger partial charge in [0.15, 0.2) is 0 Å². The number of pyridine rings is 1. The molecule has 3 heterocycles. The highest BCUT2D eigenvalue weighted by atomic mass is 16.6. The third kappa shape index (κ3) is 7.89. The number of hydrogen-bond acceptors (Lipinski definition) is 7. The summed E-state index contributed by atoms with van der Waals surface area (Å²) in [5, 5.41) is 6.45. The van der Waals surface area contributed by atoms with E-state index in [1.165, 1.54) is 5.56 Å². The summed E-state index contributed by atoms with van der Waals surface area (Å²) >= 11 is 0. The van der Waals surface area contributed by atoms with Crippen molar-refractivity contribution in [2.45, 2.75) is 78.5 Å². The number of alkyl carbamates (subject to hydrolysis) is 1. The molecule has 1 aliphatic heterocycles. The Morgan fingerprint density at radius 1 is 0.977 bits per heavy atom. The predicted octanol–water partition coefficient (Wildman–Crippen LogP) is 7.56. The third-order valence-electron chi connectivity index (χ3n) is 7.33. The molecule has 0 saturated carbocycles. The number of anilines is 3. The normalized spacial score (nSPS) is 14.4. The molecule has 5 rings (SSSR count). The van der Waals surface area contributed by atoms with E-state index in [1.54, 1.807) is 0 Å². The van der Waals surface area contributed by atoms with E-state index in [-0.39, 0.29) is 12.1 Å². The maximum absolute atomic E-state index is 12.3. The summed E-state index contributed by atoms with van der Waals surface area (Å²) in [7, 11) is 0. The van der Waals surface area contributed by atoms with Gasteiger partial charge in [0.1, 0.15) is 17.2 Å². The van der Waals surface area contributed by atoms with Crippen molar-refractivity contribution >= 4 is 23.7 Å². The van der Waals surface area contributed by atoms with Crippen molar-refractivity contribution in [3.63, 3.8) is 0 Å². The second-order valence-electron chi connectivity index (χ2n) is 12.4. The van der Waals surface area contributed by atoms with Crippen molar-refractivity contribution in [2.24, 2.45) is 0 Å². The Bertz CT molecular complexity index is 1570. The van der Waals surface area contributed by atoms with E-state index in [4.69, 9.17) is 19.7 Å². The number of benzene rings is 2. The molecule has 0 bridgehead atoms. The first-order chi connectivity index (χ1) is 20.5. The number of aromatic nitrogens is 3. The SMILES string of the molecule is Cc1cc(N2CCCc3ccc(-c4ccccc4)nc32)nc(N[C@@H](C)Cc2cccc([C@@H](C)NC(=O)OC(C)(C)C)c2)n1. The summed E-state index contributed by atoms with van der Waals surface area (Å²) in [6.07, 6.45) is 2.40. The van der Waals surface area contributed by atoms with Crippen LogP contribution >= 0.6 is 0 Å². The van der Waals surface area contributed by atoms with Crippen molar-refractivity contribution < 1.29 is 9.53 Å². The smallest absolute Gasteiger partial charge is 0.408 e. The quantitative estimate of drug-likeness (QED) is 0.223. The van der Waals surface area contributed by atoms with Gasteiger partial charge in [-0.1, -0.05) is 60.7 Å². The molecule has 0 unspecified atom stereocenters. The number of rotatable bonds is 8. The molecule has 2 N–H and O–H groups in total. The number of carbonyl (C=O) groups is 1. The van der Waals surface area contributed by atoms with Gasteiger partial charge in [-0.2, -0.15) is 4.98 Å². The van der Waals surface area contributed by atoms with Crippen LogP contribution in [0, 0.1) is 6.92 Å². The topological polar surface area (TPSA) is 92.3 Å².